The lowest BCUT2D eigenvalue weighted by molar-refractivity contribution is 0.396. The van der Waals surface area contributed by atoms with E-state index in [0.29, 0.717) is 24.3 Å². The number of imidazole rings is 1. The zero-order valence-corrected chi connectivity index (χ0v) is 15.6. The van der Waals surface area contributed by atoms with Crippen molar-refractivity contribution in [3.8, 4) is 5.75 Å². The van der Waals surface area contributed by atoms with E-state index in [4.69, 9.17) is 16.2 Å². The van der Waals surface area contributed by atoms with Gasteiger partial charge in [-0.3, -0.25) is 0 Å². The van der Waals surface area contributed by atoms with Crippen molar-refractivity contribution in [2.24, 2.45) is 5.73 Å². The van der Waals surface area contributed by atoms with Crippen LogP contribution in [0.1, 0.15) is 42.7 Å². The smallest absolute Gasteiger partial charge is 0.177 e. The van der Waals surface area contributed by atoms with Gasteiger partial charge >= 0.3 is 0 Å². The molecule has 0 radical (unpaired) electrons. The van der Waals surface area contributed by atoms with Gasteiger partial charge in [0.25, 0.3) is 0 Å². The summed E-state index contributed by atoms with van der Waals surface area (Å²) in [5, 5.41) is 8.08. The number of hydrogen-bond acceptors (Lipinski definition) is 6. The summed E-state index contributed by atoms with van der Waals surface area (Å²) in [6.45, 7) is 0.676. The van der Waals surface area contributed by atoms with E-state index in [9.17, 15) is 0 Å². The number of anilines is 2. The number of nitrogens with two attached hydrogens (primary N) is 2. The molecule has 5 N–H and O–H groups in total. The zero-order valence-electron chi connectivity index (χ0n) is 15.6. The van der Waals surface area contributed by atoms with Gasteiger partial charge in [0.15, 0.2) is 5.65 Å². The monoisotopic (exact) mass is 366 g/mol. The molecule has 0 spiro atoms. The number of nitrogens with zero attached hydrogens (tertiary/aromatic N) is 3. The number of ether oxygens (including phenoxy) is 1. The fourth-order valence-electron chi connectivity index (χ4n) is 3.90. The SMILES string of the molecule is COc1ccc(CNc2c(C3CCC(N)CC3)c(N)nn3ccnc23)cc1. The first-order valence-corrected chi connectivity index (χ1v) is 9.41. The van der Waals surface area contributed by atoms with Crippen LogP contribution >= 0.6 is 0 Å². The van der Waals surface area contributed by atoms with E-state index in [2.05, 4.69) is 27.5 Å². The molecule has 27 heavy (non-hydrogen) atoms. The Morgan fingerprint density at radius 2 is 1.93 bits per heavy atom. The molecular formula is C20H26N6O. The molecule has 7 nitrogen and oxygen atoms in total. The van der Waals surface area contributed by atoms with Crippen LogP contribution in [0.5, 0.6) is 5.75 Å². The van der Waals surface area contributed by atoms with Gasteiger partial charge in [-0.25, -0.2) is 9.50 Å². The van der Waals surface area contributed by atoms with Gasteiger partial charge < -0.3 is 21.5 Å². The van der Waals surface area contributed by atoms with Crippen LogP contribution < -0.4 is 21.5 Å². The Kier molecular flexibility index (Phi) is 4.85. The lowest BCUT2D eigenvalue weighted by atomic mass is 9.81. The van der Waals surface area contributed by atoms with Crippen LogP contribution in [0.2, 0.25) is 0 Å². The molecule has 2 heterocycles. The number of benzene rings is 1. The van der Waals surface area contributed by atoms with Gasteiger partial charge in [-0.2, -0.15) is 0 Å². The highest BCUT2D eigenvalue weighted by Crippen LogP contribution is 2.40. The van der Waals surface area contributed by atoms with E-state index in [1.165, 1.54) is 0 Å². The first-order chi connectivity index (χ1) is 13.2. The average molecular weight is 366 g/mol. The topological polar surface area (TPSA) is 103 Å². The van der Waals surface area contributed by atoms with Crippen LogP contribution in [0.4, 0.5) is 11.5 Å². The predicted octanol–water partition coefficient (Wildman–Crippen LogP) is 2.92. The minimum Gasteiger partial charge on any atom is -0.497 e. The van der Waals surface area contributed by atoms with E-state index in [0.717, 1.165) is 53.9 Å². The van der Waals surface area contributed by atoms with E-state index >= 15 is 0 Å². The van der Waals surface area contributed by atoms with Crippen LogP contribution in [-0.2, 0) is 6.54 Å². The highest BCUT2D eigenvalue weighted by molar-refractivity contribution is 5.76. The van der Waals surface area contributed by atoms with Crippen LogP contribution in [-0.4, -0.2) is 27.7 Å². The van der Waals surface area contributed by atoms with Crippen molar-refractivity contribution >= 4 is 17.2 Å². The van der Waals surface area contributed by atoms with Gasteiger partial charge in [0.05, 0.1) is 12.8 Å². The second-order valence-electron chi connectivity index (χ2n) is 7.18. The van der Waals surface area contributed by atoms with E-state index in [1.807, 2.05) is 18.3 Å². The summed E-state index contributed by atoms with van der Waals surface area (Å²) in [7, 11) is 1.67. The van der Waals surface area contributed by atoms with Crippen molar-refractivity contribution in [2.75, 3.05) is 18.2 Å². The van der Waals surface area contributed by atoms with Gasteiger partial charge in [0.2, 0.25) is 0 Å². The Morgan fingerprint density at radius 1 is 1.19 bits per heavy atom. The van der Waals surface area contributed by atoms with Crippen molar-refractivity contribution in [1.82, 2.24) is 14.6 Å². The molecule has 0 saturated heterocycles. The van der Waals surface area contributed by atoms with E-state index in [-0.39, 0.29) is 0 Å². The van der Waals surface area contributed by atoms with Crippen molar-refractivity contribution in [3.63, 3.8) is 0 Å². The largest absolute Gasteiger partial charge is 0.497 e. The molecule has 0 aliphatic heterocycles. The van der Waals surface area contributed by atoms with Crippen LogP contribution in [0.3, 0.4) is 0 Å². The first-order valence-electron chi connectivity index (χ1n) is 9.41. The number of nitrogen functional groups attached to an aromatic ring is 1. The molecule has 142 valence electrons. The molecular weight excluding hydrogens is 340 g/mol. The molecule has 1 aliphatic rings. The highest BCUT2D eigenvalue weighted by atomic mass is 16.5. The molecule has 1 aromatic carbocycles. The predicted molar refractivity (Wildman–Crippen MR) is 107 cm³/mol. The summed E-state index contributed by atoms with van der Waals surface area (Å²) in [5.41, 5.74) is 16.5. The lowest BCUT2D eigenvalue weighted by Crippen LogP contribution is -2.26. The molecule has 0 atom stereocenters. The van der Waals surface area contributed by atoms with E-state index in [1.54, 1.807) is 17.8 Å². The van der Waals surface area contributed by atoms with E-state index < -0.39 is 0 Å². The average Bonchev–Trinajstić information content (AvgIpc) is 3.15. The molecule has 3 aromatic rings. The highest BCUT2D eigenvalue weighted by Gasteiger charge is 2.26. The Bertz CT molecular complexity index is 912. The van der Waals surface area contributed by atoms with Gasteiger partial charge in [-0.1, -0.05) is 12.1 Å². The number of hydrogen-bond donors (Lipinski definition) is 3. The second-order valence-corrected chi connectivity index (χ2v) is 7.18. The van der Waals surface area contributed by atoms with Gasteiger partial charge in [0, 0.05) is 30.5 Å². The third-order valence-electron chi connectivity index (χ3n) is 5.41. The maximum Gasteiger partial charge on any atom is 0.177 e. The van der Waals surface area contributed by atoms with Crippen molar-refractivity contribution in [1.29, 1.82) is 0 Å². The molecule has 1 fully saturated rings. The fourth-order valence-corrected chi connectivity index (χ4v) is 3.90. The molecule has 2 aromatic heterocycles. The number of rotatable bonds is 5. The molecule has 1 saturated carbocycles. The molecule has 7 heteroatoms. The second kappa shape index (κ2) is 7.44. The van der Waals surface area contributed by atoms with Gasteiger partial charge in [0.1, 0.15) is 11.6 Å². The lowest BCUT2D eigenvalue weighted by Gasteiger charge is -2.28. The minimum absolute atomic E-state index is 0.293. The van der Waals surface area contributed by atoms with Crippen molar-refractivity contribution < 1.29 is 4.74 Å². The molecule has 0 amide bonds. The standard InChI is InChI=1S/C20H26N6O/c1-27-16-8-2-13(3-9-16)12-24-18-17(14-4-6-15(21)7-5-14)19(22)25-26-11-10-23-20(18)26/h2-3,8-11,14-15,24H,4-7,12,21H2,1H3,(H2,22,25). The van der Waals surface area contributed by atoms with Crippen molar-refractivity contribution in [2.45, 2.75) is 44.2 Å². The maximum atomic E-state index is 6.37. The minimum atomic E-state index is 0.293. The van der Waals surface area contributed by atoms with Crippen LogP contribution in [0.15, 0.2) is 36.7 Å². The normalized spacial score (nSPS) is 19.9. The molecule has 1 aliphatic carbocycles. The third kappa shape index (κ3) is 3.55. The number of fused-ring (bicyclic) bond motifs is 1. The number of nitrogens with one attached hydrogen (secondary N) is 1. The molecule has 0 bridgehead atoms. The van der Waals surface area contributed by atoms with Gasteiger partial charge in [-0.05, 0) is 49.3 Å². The Labute approximate surface area is 158 Å². The van der Waals surface area contributed by atoms with Crippen LogP contribution in [0.25, 0.3) is 5.65 Å². The quantitative estimate of drug-likeness (QED) is 0.641. The Balaban J connectivity index is 1.66. The number of methoxy groups -OCH3 is 1. The molecule has 0 unspecified atom stereocenters. The third-order valence-corrected chi connectivity index (χ3v) is 5.41. The number of aromatic nitrogens is 3. The van der Waals surface area contributed by atoms with Crippen molar-refractivity contribution in [3.05, 3.63) is 47.8 Å². The first kappa shape index (κ1) is 17.6. The Morgan fingerprint density at radius 3 is 2.63 bits per heavy atom. The van der Waals surface area contributed by atoms with Crippen LogP contribution in [0, 0.1) is 0 Å². The summed E-state index contributed by atoms with van der Waals surface area (Å²) < 4.78 is 6.97. The summed E-state index contributed by atoms with van der Waals surface area (Å²) in [6.07, 6.45) is 7.66. The van der Waals surface area contributed by atoms with Gasteiger partial charge in [-0.15, -0.1) is 5.10 Å². The summed E-state index contributed by atoms with van der Waals surface area (Å²) >= 11 is 0. The Hall–Kier alpha value is -2.80. The summed E-state index contributed by atoms with van der Waals surface area (Å²) in [5.74, 6) is 1.78. The zero-order chi connectivity index (χ0) is 18.8. The molecule has 4 rings (SSSR count). The summed E-state index contributed by atoms with van der Waals surface area (Å²) in [6, 6.07) is 8.33. The summed E-state index contributed by atoms with van der Waals surface area (Å²) in [4.78, 5) is 4.51. The fraction of sp³-hybridized carbons (Fsp3) is 0.400. The maximum absolute atomic E-state index is 6.37.